The highest BCUT2D eigenvalue weighted by Crippen LogP contribution is 2.53. The van der Waals surface area contributed by atoms with Gasteiger partial charge in [-0.2, -0.15) is 4.58 Å². The number of nitrogens with zero attached hydrogens (tertiary/aromatic N) is 2. The monoisotopic (exact) mass is 753 g/mol. The van der Waals surface area contributed by atoms with Crippen molar-refractivity contribution in [2.75, 3.05) is 11.4 Å². The Balaban J connectivity index is 1.34. The summed E-state index contributed by atoms with van der Waals surface area (Å²) in [6.45, 7) is 12.7. The molecule has 0 fully saturated rings. The molecule has 2 nitrogen and oxygen atoms in total. The molecule has 0 bridgehead atoms. The van der Waals surface area contributed by atoms with Crippen LogP contribution in [0.15, 0.2) is 170 Å². The highest BCUT2D eigenvalue weighted by atomic mass is 35.5. The van der Waals surface area contributed by atoms with Gasteiger partial charge in [0.25, 0.3) is 0 Å². The molecule has 8 rings (SSSR count). The van der Waals surface area contributed by atoms with Gasteiger partial charge in [0.1, 0.15) is 0 Å². The van der Waals surface area contributed by atoms with Crippen molar-refractivity contribution in [1.29, 1.82) is 0 Å². The molecule has 0 spiro atoms. The normalized spacial score (nSPS) is 18.2. The van der Waals surface area contributed by atoms with Crippen LogP contribution < -0.4 is 4.90 Å². The van der Waals surface area contributed by atoms with Gasteiger partial charge >= 0.3 is 0 Å². The van der Waals surface area contributed by atoms with E-state index in [0.29, 0.717) is 5.92 Å². The van der Waals surface area contributed by atoms with E-state index in [9.17, 15) is 0 Å². The number of hydrogen-bond acceptors (Lipinski definition) is 1. The van der Waals surface area contributed by atoms with E-state index >= 15 is 0 Å². The van der Waals surface area contributed by atoms with Crippen molar-refractivity contribution >= 4 is 39.5 Å². The van der Waals surface area contributed by atoms with Crippen molar-refractivity contribution in [1.82, 2.24) is 0 Å². The van der Waals surface area contributed by atoms with Crippen LogP contribution in [-0.4, -0.2) is 22.9 Å². The molecule has 6 aromatic carbocycles. The zero-order valence-corrected chi connectivity index (χ0v) is 34.3. The van der Waals surface area contributed by atoms with Crippen LogP contribution in [0.4, 0.5) is 11.4 Å². The number of halogens is 1. The van der Waals surface area contributed by atoms with E-state index in [0.717, 1.165) is 37.3 Å². The minimum Gasteiger partial charge on any atom is -0.344 e. The smallest absolute Gasteiger partial charge is 0.210 e. The van der Waals surface area contributed by atoms with Crippen LogP contribution in [0.5, 0.6) is 0 Å². The average Bonchev–Trinajstić information content (AvgIpc) is 3.59. The quantitative estimate of drug-likeness (QED) is 0.113. The Kier molecular flexibility index (Phi) is 10.6. The van der Waals surface area contributed by atoms with Gasteiger partial charge in [-0.15, -0.1) is 0 Å². The second kappa shape index (κ2) is 15.8. The Bertz CT molecular complexity index is 2380. The van der Waals surface area contributed by atoms with E-state index in [1.807, 2.05) is 0 Å². The predicted molar refractivity (Wildman–Crippen MR) is 239 cm³/mol. The Labute approximate surface area is 339 Å². The first kappa shape index (κ1) is 37.7. The standard InChI is InChI=1S/C53H54ClN2/c1-38(2)32-33-55-47-31-29-44(54)34-46(47)53(36-41-20-11-7-12-21-41,37-42-22-13-8-14-23-42)50(55)27-17-26-49-52(5,35-40-18-9-6-10-19-40)51-45-25-16-15-24-43(45)28-30-48(51)56(49)39(3)4/h6-31,34,38-39H,32-33,35-37H2,1-5H3/q+1. The molecule has 2 heterocycles. The molecule has 1 atom stereocenters. The van der Waals surface area contributed by atoms with Crippen LogP contribution in [0.3, 0.4) is 0 Å². The third kappa shape index (κ3) is 7.05. The lowest BCUT2D eigenvalue weighted by molar-refractivity contribution is -0.472. The van der Waals surface area contributed by atoms with Gasteiger partial charge in [-0.25, -0.2) is 0 Å². The zero-order valence-electron chi connectivity index (χ0n) is 33.6. The Morgan fingerprint density at radius 1 is 0.679 bits per heavy atom. The van der Waals surface area contributed by atoms with Crippen LogP contribution in [-0.2, 0) is 30.1 Å². The summed E-state index contributed by atoms with van der Waals surface area (Å²) in [6.07, 6.45) is 11.0. The molecule has 282 valence electrons. The fraction of sp³-hybridized carbons (Fsp3) is 0.264. The summed E-state index contributed by atoms with van der Waals surface area (Å²) in [5, 5.41) is 3.41. The third-order valence-corrected chi connectivity index (χ3v) is 12.4. The second-order valence-corrected chi connectivity index (χ2v) is 17.3. The number of benzene rings is 6. The molecule has 2 aliphatic rings. The molecule has 0 aromatic heterocycles. The van der Waals surface area contributed by atoms with Gasteiger partial charge in [-0.1, -0.05) is 147 Å². The summed E-state index contributed by atoms with van der Waals surface area (Å²) in [5.41, 5.74) is 11.4. The first-order valence-electron chi connectivity index (χ1n) is 20.4. The SMILES string of the molecule is CC(C)CCN1/C(=C/C=C/C2=[N+](C(C)C)c3ccc4ccccc4c3C2(C)Cc2ccccc2)C(Cc2ccccc2)(Cc2ccccc2)c2cc(Cl)ccc21. The fourth-order valence-electron chi connectivity index (χ4n) is 9.65. The van der Waals surface area contributed by atoms with E-state index < -0.39 is 0 Å². The van der Waals surface area contributed by atoms with E-state index in [1.54, 1.807) is 0 Å². The molecule has 56 heavy (non-hydrogen) atoms. The average molecular weight is 754 g/mol. The Morgan fingerprint density at radius 2 is 1.27 bits per heavy atom. The molecular formula is C53H54ClN2+. The maximum Gasteiger partial charge on any atom is 0.210 e. The Morgan fingerprint density at radius 3 is 1.88 bits per heavy atom. The Hall–Kier alpha value is -5.18. The highest BCUT2D eigenvalue weighted by molar-refractivity contribution is 6.30. The number of fused-ring (bicyclic) bond motifs is 4. The highest BCUT2D eigenvalue weighted by Gasteiger charge is 2.50. The van der Waals surface area contributed by atoms with E-state index in [2.05, 4.69) is 208 Å². The minimum atomic E-state index is -0.338. The molecule has 0 aliphatic carbocycles. The largest absolute Gasteiger partial charge is 0.344 e. The molecule has 2 aliphatic heterocycles. The second-order valence-electron chi connectivity index (χ2n) is 16.8. The molecule has 1 unspecified atom stereocenters. The molecule has 0 saturated heterocycles. The van der Waals surface area contributed by atoms with E-state index in [-0.39, 0.29) is 16.9 Å². The van der Waals surface area contributed by atoms with Crippen LogP contribution in [0, 0.1) is 5.92 Å². The summed E-state index contributed by atoms with van der Waals surface area (Å²) in [6, 6.07) is 53.5. The predicted octanol–water partition coefficient (Wildman–Crippen LogP) is 13.2. The summed E-state index contributed by atoms with van der Waals surface area (Å²) in [4.78, 5) is 2.62. The molecule has 0 saturated carbocycles. The van der Waals surface area contributed by atoms with Gasteiger partial charge in [0.2, 0.25) is 5.69 Å². The first-order valence-corrected chi connectivity index (χ1v) is 20.8. The zero-order chi connectivity index (χ0) is 38.9. The first-order chi connectivity index (χ1) is 27.2. The van der Waals surface area contributed by atoms with Gasteiger partial charge in [-0.3, -0.25) is 0 Å². The lowest BCUT2D eigenvalue weighted by Crippen LogP contribution is -2.36. The molecular weight excluding hydrogens is 700 g/mol. The van der Waals surface area contributed by atoms with Crippen molar-refractivity contribution in [2.24, 2.45) is 5.92 Å². The van der Waals surface area contributed by atoms with Gasteiger partial charge in [0, 0.05) is 46.1 Å². The van der Waals surface area contributed by atoms with Crippen molar-refractivity contribution in [3.05, 3.63) is 202 Å². The van der Waals surface area contributed by atoms with Gasteiger partial charge in [0.15, 0.2) is 11.8 Å². The molecule has 0 N–H and O–H groups in total. The number of anilines is 1. The molecule has 0 radical (unpaired) electrons. The van der Waals surface area contributed by atoms with Crippen LogP contribution in [0.1, 0.15) is 68.9 Å². The number of hydrogen-bond donors (Lipinski definition) is 0. The van der Waals surface area contributed by atoms with Gasteiger partial charge in [0.05, 0.1) is 5.41 Å². The lowest BCUT2D eigenvalue weighted by atomic mass is 9.70. The van der Waals surface area contributed by atoms with E-state index in [4.69, 9.17) is 11.6 Å². The van der Waals surface area contributed by atoms with Crippen molar-refractivity contribution < 1.29 is 4.58 Å². The topological polar surface area (TPSA) is 6.25 Å². The lowest BCUT2D eigenvalue weighted by Gasteiger charge is -2.35. The van der Waals surface area contributed by atoms with Crippen LogP contribution >= 0.6 is 11.6 Å². The maximum atomic E-state index is 6.94. The third-order valence-electron chi connectivity index (χ3n) is 12.1. The summed E-state index contributed by atoms with van der Waals surface area (Å²) >= 11 is 6.94. The van der Waals surface area contributed by atoms with Gasteiger partial charge < -0.3 is 4.90 Å². The molecule has 3 heteroatoms. The minimum absolute atomic E-state index is 0.258. The summed E-state index contributed by atoms with van der Waals surface area (Å²) < 4.78 is 2.60. The van der Waals surface area contributed by atoms with Crippen molar-refractivity contribution in [3.8, 4) is 0 Å². The summed E-state index contributed by atoms with van der Waals surface area (Å²) in [7, 11) is 0. The van der Waals surface area contributed by atoms with Crippen molar-refractivity contribution in [3.63, 3.8) is 0 Å². The van der Waals surface area contributed by atoms with E-state index in [1.165, 1.54) is 61.4 Å². The fourth-order valence-corrected chi connectivity index (χ4v) is 9.82. The number of allylic oxidation sites excluding steroid dienone is 4. The van der Waals surface area contributed by atoms with Crippen LogP contribution in [0.25, 0.3) is 10.8 Å². The molecule has 0 amide bonds. The maximum absolute atomic E-state index is 6.94. The number of rotatable bonds is 12. The van der Waals surface area contributed by atoms with Gasteiger partial charge in [-0.05, 0) is 116 Å². The van der Waals surface area contributed by atoms with Crippen molar-refractivity contribution in [2.45, 2.75) is 77.2 Å². The summed E-state index contributed by atoms with van der Waals surface area (Å²) in [5.74, 6) is 0.571. The molecule has 6 aromatic rings. The van der Waals surface area contributed by atoms with Crippen LogP contribution in [0.2, 0.25) is 5.02 Å².